The van der Waals surface area contributed by atoms with Crippen LogP contribution in [0.4, 0.5) is 0 Å². The van der Waals surface area contributed by atoms with Crippen LogP contribution >= 0.6 is 0 Å². The molecule has 0 bridgehead atoms. The van der Waals surface area contributed by atoms with Crippen molar-refractivity contribution in [3.8, 4) is 0 Å². The highest BCUT2D eigenvalue weighted by molar-refractivity contribution is 5.76. The molecule has 3 saturated heterocycles. The Morgan fingerprint density at radius 1 is 0.393 bits per heavy atom. The largest absolute Gasteiger partial charge is 0.394 e. The third-order valence-corrected chi connectivity index (χ3v) is 17.9. The molecule has 0 aromatic heterocycles. The van der Waals surface area contributed by atoms with E-state index in [1.807, 2.05) is 6.08 Å². The van der Waals surface area contributed by atoms with Gasteiger partial charge < -0.3 is 89.9 Å². The highest BCUT2D eigenvalue weighted by Gasteiger charge is 2.53. The van der Waals surface area contributed by atoms with Crippen molar-refractivity contribution in [3.05, 3.63) is 36.5 Å². The van der Waals surface area contributed by atoms with Crippen LogP contribution in [0.15, 0.2) is 36.5 Å². The van der Waals surface area contributed by atoms with Crippen molar-refractivity contribution in [2.45, 2.75) is 375 Å². The first-order chi connectivity index (χ1) is 43.3. The van der Waals surface area contributed by atoms with Gasteiger partial charge in [-0.1, -0.05) is 243 Å². The van der Waals surface area contributed by atoms with Gasteiger partial charge in [0.05, 0.1) is 38.6 Å². The number of allylic oxidation sites excluding steroid dienone is 5. The first kappa shape index (κ1) is 81.2. The maximum absolute atomic E-state index is 13.4. The number of hydrogen-bond acceptors (Lipinski definition) is 18. The molecule has 0 aromatic carbocycles. The number of nitrogens with one attached hydrogen (secondary N) is 1. The highest BCUT2D eigenvalue weighted by atomic mass is 16.8. The van der Waals surface area contributed by atoms with E-state index in [2.05, 4.69) is 43.5 Å². The molecule has 0 radical (unpaired) electrons. The van der Waals surface area contributed by atoms with Crippen LogP contribution < -0.4 is 5.32 Å². The van der Waals surface area contributed by atoms with Crippen molar-refractivity contribution in [2.75, 3.05) is 26.4 Å². The van der Waals surface area contributed by atoms with E-state index in [-0.39, 0.29) is 18.9 Å². The summed E-state index contributed by atoms with van der Waals surface area (Å²) in [5, 5.41) is 120. The van der Waals surface area contributed by atoms with Crippen LogP contribution in [0, 0.1) is 0 Å². The molecule has 522 valence electrons. The van der Waals surface area contributed by atoms with E-state index in [4.69, 9.17) is 28.4 Å². The van der Waals surface area contributed by atoms with Crippen LogP contribution in [0.2, 0.25) is 0 Å². The molecule has 3 aliphatic heterocycles. The third-order valence-electron chi connectivity index (χ3n) is 17.9. The van der Waals surface area contributed by atoms with Crippen LogP contribution in [-0.2, 0) is 33.2 Å². The molecule has 3 aliphatic rings. The van der Waals surface area contributed by atoms with E-state index in [0.717, 1.165) is 38.5 Å². The van der Waals surface area contributed by atoms with Crippen LogP contribution in [-0.4, -0.2) is 193 Å². The minimum atomic E-state index is -1.98. The predicted octanol–water partition coefficient (Wildman–Crippen LogP) is 9.61. The molecule has 17 unspecified atom stereocenters. The van der Waals surface area contributed by atoms with Crippen LogP contribution in [0.3, 0.4) is 0 Å². The van der Waals surface area contributed by atoms with Crippen molar-refractivity contribution in [3.63, 3.8) is 0 Å². The number of carbonyl (C=O) groups excluding carboxylic acids is 1. The number of unbranched alkanes of at least 4 members (excludes halogenated alkanes) is 35. The summed E-state index contributed by atoms with van der Waals surface area (Å²) < 4.78 is 34.3. The van der Waals surface area contributed by atoms with Crippen molar-refractivity contribution in [1.82, 2.24) is 5.32 Å². The standard InChI is InChI=1S/C70H129NO18/c1-3-5-7-9-11-13-15-16-17-18-19-20-21-22-23-24-25-26-27-28-29-30-31-32-33-34-35-36-38-40-42-44-46-48-58(76)71-53(54(75)47-45-43-41-39-37-14-12-10-8-6-4-2)52-84-68-64(82)61(79)66(56(50-73)86-68)89-70-65(83)62(80)67(57(51-74)87-70)88-69-63(81)60(78)59(77)55(49-72)85-69/h18-19,37,39,45,47,53-57,59-70,72-75,77-83H,3-17,20-36,38,40-44,46,48-52H2,1-2H3,(H,71,76)/b19-18-,39-37+,47-45+. The Labute approximate surface area is 536 Å². The van der Waals surface area contributed by atoms with Crippen molar-refractivity contribution in [1.29, 1.82) is 0 Å². The fraction of sp³-hybridized carbons (Fsp3) is 0.900. The molecule has 3 rings (SSSR count). The number of aliphatic hydroxyl groups excluding tert-OH is 11. The monoisotopic (exact) mass is 1270 g/mol. The van der Waals surface area contributed by atoms with Gasteiger partial charge in [0.1, 0.15) is 73.2 Å². The zero-order valence-corrected chi connectivity index (χ0v) is 55.2. The summed E-state index contributed by atoms with van der Waals surface area (Å²) in [6, 6.07) is -0.987. The maximum atomic E-state index is 13.4. The topological polar surface area (TPSA) is 307 Å². The van der Waals surface area contributed by atoms with Crippen LogP contribution in [0.5, 0.6) is 0 Å². The molecule has 0 aliphatic carbocycles. The second-order valence-electron chi connectivity index (χ2n) is 25.7. The lowest BCUT2D eigenvalue weighted by Gasteiger charge is -2.48. The van der Waals surface area contributed by atoms with Gasteiger partial charge in [0.2, 0.25) is 5.91 Å². The van der Waals surface area contributed by atoms with Gasteiger partial charge in [-0.15, -0.1) is 0 Å². The fourth-order valence-electron chi connectivity index (χ4n) is 12.1. The van der Waals surface area contributed by atoms with Crippen LogP contribution in [0.1, 0.15) is 271 Å². The molecule has 89 heavy (non-hydrogen) atoms. The van der Waals surface area contributed by atoms with E-state index in [1.54, 1.807) is 6.08 Å². The number of hydrogen-bond donors (Lipinski definition) is 12. The zero-order chi connectivity index (χ0) is 64.7. The summed E-state index contributed by atoms with van der Waals surface area (Å²) in [5.41, 5.74) is 0. The molecule has 19 nitrogen and oxygen atoms in total. The van der Waals surface area contributed by atoms with Gasteiger partial charge in [0.15, 0.2) is 18.9 Å². The second-order valence-corrected chi connectivity index (χ2v) is 25.7. The van der Waals surface area contributed by atoms with E-state index >= 15 is 0 Å². The summed E-state index contributed by atoms with van der Waals surface area (Å²) in [5.74, 6) is -0.283. The number of carbonyl (C=O) groups is 1. The molecule has 17 atom stereocenters. The molecule has 0 saturated carbocycles. The summed E-state index contributed by atoms with van der Waals surface area (Å²) in [6.45, 7) is 1.69. The van der Waals surface area contributed by atoms with Crippen molar-refractivity contribution < 1.29 is 89.4 Å². The minimum Gasteiger partial charge on any atom is -0.394 e. The van der Waals surface area contributed by atoms with Gasteiger partial charge in [0.25, 0.3) is 0 Å². The summed E-state index contributed by atoms with van der Waals surface area (Å²) in [7, 11) is 0. The molecular formula is C70H129NO18. The average molecular weight is 1270 g/mol. The lowest BCUT2D eigenvalue weighted by molar-refractivity contribution is -0.379. The van der Waals surface area contributed by atoms with Gasteiger partial charge in [-0.25, -0.2) is 0 Å². The lowest BCUT2D eigenvalue weighted by atomic mass is 9.96. The number of rotatable bonds is 55. The SMILES string of the molecule is CCCCCCC/C=C/CC/C=C/C(O)C(COC1OC(CO)C(OC2OC(CO)C(OC3OC(CO)C(O)C(O)C3O)C(O)C2O)C(O)C1O)NC(=O)CCCCCCCCCCCCCCCCCCCCCCC/C=C\CCCCCCCCCC. The van der Waals surface area contributed by atoms with Crippen molar-refractivity contribution in [2.24, 2.45) is 0 Å². The molecular weight excluding hydrogens is 1140 g/mol. The number of amides is 1. The normalized spacial score (nSPS) is 28.4. The third kappa shape index (κ3) is 34.3. The Bertz CT molecular complexity index is 1760. The Morgan fingerprint density at radius 2 is 0.719 bits per heavy atom. The van der Waals surface area contributed by atoms with E-state index in [0.29, 0.717) is 12.8 Å². The van der Waals surface area contributed by atoms with E-state index < -0.39 is 124 Å². The number of aliphatic hydroxyl groups is 11. The van der Waals surface area contributed by atoms with Gasteiger partial charge in [-0.05, 0) is 57.8 Å². The van der Waals surface area contributed by atoms with E-state index in [9.17, 15) is 61.0 Å². The first-order valence-corrected chi connectivity index (χ1v) is 35.7. The average Bonchev–Trinajstić information content (AvgIpc) is 1.35. The molecule has 1 amide bonds. The minimum absolute atomic E-state index is 0.239. The zero-order valence-electron chi connectivity index (χ0n) is 55.2. The lowest BCUT2D eigenvalue weighted by Crippen LogP contribution is -2.66. The van der Waals surface area contributed by atoms with Gasteiger partial charge in [-0.2, -0.15) is 0 Å². The number of ether oxygens (including phenoxy) is 6. The molecule has 12 N–H and O–H groups in total. The summed E-state index contributed by atoms with van der Waals surface area (Å²) >= 11 is 0. The molecule has 0 spiro atoms. The fourth-order valence-corrected chi connectivity index (χ4v) is 12.1. The summed E-state index contributed by atoms with van der Waals surface area (Å²) in [6.07, 6.45) is 34.6. The second kappa shape index (κ2) is 52.3. The van der Waals surface area contributed by atoms with Crippen molar-refractivity contribution >= 4 is 5.91 Å². The smallest absolute Gasteiger partial charge is 0.220 e. The Morgan fingerprint density at radius 3 is 1.12 bits per heavy atom. The highest BCUT2D eigenvalue weighted by Crippen LogP contribution is 2.33. The van der Waals surface area contributed by atoms with E-state index in [1.165, 1.54) is 199 Å². The predicted molar refractivity (Wildman–Crippen MR) is 346 cm³/mol. The molecule has 19 heteroatoms. The molecule has 0 aromatic rings. The first-order valence-electron chi connectivity index (χ1n) is 35.7. The molecule has 3 fully saturated rings. The Kier molecular flexibility index (Phi) is 47.7. The molecule has 3 heterocycles. The van der Waals surface area contributed by atoms with Gasteiger partial charge in [-0.3, -0.25) is 4.79 Å². The van der Waals surface area contributed by atoms with Gasteiger partial charge in [0, 0.05) is 6.42 Å². The van der Waals surface area contributed by atoms with Gasteiger partial charge >= 0.3 is 0 Å². The Balaban J connectivity index is 1.33. The maximum Gasteiger partial charge on any atom is 0.220 e. The Hall–Kier alpha value is -1.99. The quantitative estimate of drug-likeness (QED) is 0.0199. The van der Waals surface area contributed by atoms with Crippen LogP contribution in [0.25, 0.3) is 0 Å². The summed E-state index contributed by atoms with van der Waals surface area (Å²) in [4.78, 5) is 13.4.